The standard InChI is InChI=1S/C15H15N3O/c1-9-2-4-10(5-3-9)11-6-13-12(14(19)7-11)8-17-15(16)18-13/h2-5,8,11H,6-7H2,1H3,(H2,16,17,18). The van der Waals surface area contributed by atoms with E-state index in [1.54, 1.807) is 6.20 Å². The minimum Gasteiger partial charge on any atom is -0.368 e. The Kier molecular flexibility index (Phi) is 2.78. The molecular weight excluding hydrogens is 238 g/mol. The fraction of sp³-hybridized carbons (Fsp3) is 0.267. The van der Waals surface area contributed by atoms with Gasteiger partial charge in [-0.3, -0.25) is 4.79 Å². The van der Waals surface area contributed by atoms with Crippen molar-refractivity contribution in [3.05, 3.63) is 52.8 Å². The molecule has 1 aliphatic carbocycles. The molecule has 1 aliphatic rings. The number of aromatic nitrogens is 2. The van der Waals surface area contributed by atoms with Gasteiger partial charge in [0.2, 0.25) is 5.95 Å². The van der Waals surface area contributed by atoms with E-state index in [4.69, 9.17) is 5.73 Å². The Hall–Kier alpha value is -2.23. The van der Waals surface area contributed by atoms with Crippen LogP contribution in [0.1, 0.15) is 39.5 Å². The van der Waals surface area contributed by atoms with Crippen molar-refractivity contribution in [2.45, 2.75) is 25.7 Å². The molecule has 4 heteroatoms. The number of benzene rings is 1. The van der Waals surface area contributed by atoms with Gasteiger partial charge >= 0.3 is 0 Å². The van der Waals surface area contributed by atoms with E-state index in [0.29, 0.717) is 12.0 Å². The molecule has 19 heavy (non-hydrogen) atoms. The molecule has 3 rings (SSSR count). The van der Waals surface area contributed by atoms with Gasteiger partial charge in [-0.05, 0) is 24.8 Å². The molecule has 1 aromatic carbocycles. The summed E-state index contributed by atoms with van der Waals surface area (Å²) in [5, 5.41) is 0. The molecule has 0 saturated carbocycles. The first-order valence-electron chi connectivity index (χ1n) is 6.34. The Bertz CT molecular complexity index is 634. The molecule has 1 atom stereocenters. The summed E-state index contributed by atoms with van der Waals surface area (Å²) in [7, 11) is 0. The second-order valence-electron chi connectivity index (χ2n) is 5.03. The second kappa shape index (κ2) is 4.46. The maximum atomic E-state index is 12.1. The number of hydrogen-bond donors (Lipinski definition) is 1. The summed E-state index contributed by atoms with van der Waals surface area (Å²) in [5.41, 5.74) is 9.40. The van der Waals surface area contributed by atoms with E-state index >= 15 is 0 Å². The lowest BCUT2D eigenvalue weighted by molar-refractivity contribution is 0.0963. The van der Waals surface area contributed by atoms with Gasteiger partial charge in [0.15, 0.2) is 5.78 Å². The Labute approximate surface area is 111 Å². The lowest BCUT2D eigenvalue weighted by Gasteiger charge is -2.23. The molecule has 0 spiro atoms. The predicted molar refractivity (Wildman–Crippen MR) is 73.0 cm³/mol. The van der Waals surface area contributed by atoms with Crippen LogP contribution < -0.4 is 5.73 Å². The number of nitrogen functional groups attached to an aromatic ring is 1. The molecule has 1 aromatic heterocycles. The molecule has 96 valence electrons. The fourth-order valence-corrected chi connectivity index (χ4v) is 2.53. The van der Waals surface area contributed by atoms with Crippen molar-refractivity contribution in [3.63, 3.8) is 0 Å². The van der Waals surface area contributed by atoms with E-state index in [2.05, 4.69) is 41.2 Å². The molecule has 1 heterocycles. The fourth-order valence-electron chi connectivity index (χ4n) is 2.53. The van der Waals surface area contributed by atoms with E-state index in [0.717, 1.165) is 12.1 Å². The quantitative estimate of drug-likeness (QED) is 0.846. The second-order valence-corrected chi connectivity index (χ2v) is 5.03. The first-order chi connectivity index (χ1) is 9.13. The minimum atomic E-state index is 0.104. The zero-order chi connectivity index (χ0) is 13.4. The molecule has 0 saturated heterocycles. The number of ketones is 1. The van der Waals surface area contributed by atoms with Crippen molar-refractivity contribution < 1.29 is 4.79 Å². The lowest BCUT2D eigenvalue weighted by Crippen LogP contribution is -2.21. The largest absolute Gasteiger partial charge is 0.368 e. The number of fused-ring (bicyclic) bond motifs is 1. The van der Waals surface area contributed by atoms with Gasteiger partial charge in [0, 0.05) is 12.6 Å². The van der Waals surface area contributed by atoms with Gasteiger partial charge in [0.05, 0.1) is 11.3 Å². The summed E-state index contributed by atoms with van der Waals surface area (Å²) in [4.78, 5) is 20.2. The van der Waals surface area contributed by atoms with Crippen LogP contribution in [0, 0.1) is 6.92 Å². The molecule has 2 N–H and O–H groups in total. The van der Waals surface area contributed by atoms with Gasteiger partial charge in [-0.25, -0.2) is 9.97 Å². The number of aryl methyl sites for hydroxylation is 1. The number of hydrogen-bond acceptors (Lipinski definition) is 4. The predicted octanol–water partition coefficient (Wildman–Crippen LogP) is 2.28. The highest BCUT2D eigenvalue weighted by molar-refractivity contribution is 5.98. The van der Waals surface area contributed by atoms with Crippen LogP contribution in [0.3, 0.4) is 0 Å². The number of Topliss-reactive ketones (excluding diaryl/α,β-unsaturated/α-hetero) is 1. The summed E-state index contributed by atoms with van der Waals surface area (Å²) in [6, 6.07) is 8.32. The zero-order valence-corrected chi connectivity index (χ0v) is 10.8. The van der Waals surface area contributed by atoms with E-state index < -0.39 is 0 Å². The van der Waals surface area contributed by atoms with Gasteiger partial charge in [0.25, 0.3) is 0 Å². The SMILES string of the molecule is Cc1ccc(C2CC(=O)c3cnc(N)nc3C2)cc1. The van der Waals surface area contributed by atoms with E-state index in [1.165, 1.54) is 11.1 Å². The third kappa shape index (κ3) is 2.21. The molecular formula is C15H15N3O. The third-order valence-electron chi connectivity index (χ3n) is 3.61. The molecule has 0 amide bonds. The van der Waals surface area contributed by atoms with Crippen LogP contribution in [0.25, 0.3) is 0 Å². The number of rotatable bonds is 1. The van der Waals surface area contributed by atoms with Crippen molar-refractivity contribution in [1.82, 2.24) is 9.97 Å². The summed E-state index contributed by atoms with van der Waals surface area (Å²) < 4.78 is 0. The summed E-state index contributed by atoms with van der Waals surface area (Å²) in [6.45, 7) is 2.05. The normalized spacial score (nSPS) is 18.2. The first-order valence-corrected chi connectivity index (χ1v) is 6.34. The highest BCUT2D eigenvalue weighted by Crippen LogP contribution is 2.31. The van der Waals surface area contributed by atoms with E-state index in [1.807, 2.05) is 0 Å². The van der Waals surface area contributed by atoms with Gasteiger partial charge in [-0.1, -0.05) is 29.8 Å². The summed E-state index contributed by atoms with van der Waals surface area (Å²) >= 11 is 0. The summed E-state index contributed by atoms with van der Waals surface area (Å²) in [5.74, 6) is 0.526. The number of nitrogens with zero attached hydrogens (tertiary/aromatic N) is 2. The highest BCUT2D eigenvalue weighted by atomic mass is 16.1. The van der Waals surface area contributed by atoms with Crippen molar-refractivity contribution in [1.29, 1.82) is 0 Å². The maximum Gasteiger partial charge on any atom is 0.220 e. The van der Waals surface area contributed by atoms with E-state index in [9.17, 15) is 4.79 Å². The van der Waals surface area contributed by atoms with Crippen LogP contribution in [-0.2, 0) is 6.42 Å². The number of nitrogens with two attached hydrogens (primary N) is 1. The van der Waals surface area contributed by atoms with Gasteiger partial charge in [0.1, 0.15) is 0 Å². The lowest BCUT2D eigenvalue weighted by atomic mass is 9.82. The van der Waals surface area contributed by atoms with Crippen molar-refractivity contribution in [3.8, 4) is 0 Å². The molecule has 0 fully saturated rings. The van der Waals surface area contributed by atoms with Crippen LogP contribution in [0.2, 0.25) is 0 Å². The van der Waals surface area contributed by atoms with Gasteiger partial charge in [-0.15, -0.1) is 0 Å². The third-order valence-corrected chi connectivity index (χ3v) is 3.61. The van der Waals surface area contributed by atoms with Crippen molar-refractivity contribution in [2.24, 2.45) is 0 Å². The van der Waals surface area contributed by atoms with Gasteiger partial charge in [-0.2, -0.15) is 0 Å². The van der Waals surface area contributed by atoms with Crippen LogP contribution in [0.5, 0.6) is 0 Å². The maximum absolute atomic E-state index is 12.1. The molecule has 2 aromatic rings. The van der Waals surface area contributed by atoms with Gasteiger partial charge < -0.3 is 5.73 Å². The van der Waals surface area contributed by atoms with Crippen LogP contribution >= 0.6 is 0 Å². The summed E-state index contributed by atoms with van der Waals surface area (Å²) in [6.07, 6.45) is 2.81. The Morgan fingerprint density at radius 1 is 1.21 bits per heavy atom. The smallest absolute Gasteiger partial charge is 0.220 e. The molecule has 0 aliphatic heterocycles. The molecule has 0 radical (unpaired) electrons. The Morgan fingerprint density at radius 3 is 2.68 bits per heavy atom. The highest BCUT2D eigenvalue weighted by Gasteiger charge is 2.27. The number of anilines is 1. The Balaban J connectivity index is 1.96. The van der Waals surface area contributed by atoms with Crippen LogP contribution in [0.15, 0.2) is 30.5 Å². The molecule has 4 nitrogen and oxygen atoms in total. The Morgan fingerprint density at radius 2 is 1.95 bits per heavy atom. The minimum absolute atomic E-state index is 0.104. The van der Waals surface area contributed by atoms with Crippen LogP contribution in [0.4, 0.5) is 5.95 Å². The first kappa shape index (κ1) is 11.8. The average molecular weight is 253 g/mol. The number of carbonyl (C=O) groups is 1. The van der Waals surface area contributed by atoms with Crippen molar-refractivity contribution in [2.75, 3.05) is 5.73 Å². The zero-order valence-electron chi connectivity index (χ0n) is 10.8. The monoisotopic (exact) mass is 253 g/mol. The molecule has 1 unspecified atom stereocenters. The van der Waals surface area contributed by atoms with E-state index in [-0.39, 0.29) is 17.6 Å². The topological polar surface area (TPSA) is 68.9 Å². The van der Waals surface area contributed by atoms with Crippen LogP contribution in [-0.4, -0.2) is 15.8 Å². The average Bonchev–Trinajstić information content (AvgIpc) is 2.38. The molecule has 0 bridgehead atoms. The number of carbonyl (C=O) groups excluding carboxylic acids is 1. The van der Waals surface area contributed by atoms with Crippen molar-refractivity contribution >= 4 is 11.7 Å².